The molecule has 0 aliphatic carbocycles. The molecule has 0 aliphatic heterocycles. The van der Waals surface area contributed by atoms with Gasteiger partial charge in [-0.15, -0.1) is 0 Å². The molecular formula is C21H39N. The van der Waals surface area contributed by atoms with Crippen LogP contribution in [0.1, 0.15) is 74.7 Å². The Labute approximate surface area is 140 Å². The van der Waals surface area contributed by atoms with Crippen LogP contribution >= 0.6 is 0 Å². The summed E-state index contributed by atoms with van der Waals surface area (Å²) in [5, 5.41) is 0. The van der Waals surface area contributed by atoms with Crippen molar-refractivity contribution in [3.63, 3.8) is 0 Å². The second kappa shape index (κ2) is 12.5. The van der Waals surface area contributed by atoms with E-state index in [0.717, 1.165) is 24.8 Å². The van der Waals surface area contributed by atoms with E-state index in [2.05, 4.69) is 79.3 Å². The maximum absolute atomic E-state index is 5.79. The minimum absolute atomic E-state index is 0.171. The molecule has 0 saturated carbocycles. The zero-order valence-electron chi connectivity index (χ0n) is 16.3. The van der Waals surface area contributed by atoms with E-state index in [1.165, 1.54) is 11.1 Å². The van der Waals surface area contributed by atoms with Gasteiger partial charge in [0.25, 0.3) is 0 Å². The fraction of sp³-hybridized carbons (Fsp3) is 0.619. The Balaban J connectivity index is 0. The summed E-state index contributed by atoms with van der Waals surface area (Å²) in [6.45, 7) is 20.9. The maximum Gasteiger partial charge on any atom is 0.0251 e. The molecule has 1 heteroatoms. The van der Waals surface area contributed by atoms with Crippen LogP contribution < -0.4 is 5.73 Å². The molecule has 1 nitrogen and oxygen atoms in total. The van der Waals surface area contributed by atoms with Gasteiger partial charge in [-0.05, 0) is 59.3 Å². The van der Waals surface area contributed by atoms with Gasteiger partial charge in [0.2, 0.25) is 0 Å². The summed E-state index contributed by atoms with van der Waals surface area (Å²) >= 11 is 0. The van der Waals surface area contributed by atoms with Crippen LogP contribution in [0.3, 0.4) is 0 Å². The molecular weight excluding hydrogens is 266 g/mol. The van der Waals surface area contributed by atoms with Crippen LogP contribution in [0, 0.1) is 5.41 Å². The molecule has 128 valence electrons. The quantitative estimate of drug-likeness (QED) is 0.551. The molecule has 1 unspecified atom stereocenters. The zero-order valence-corrected chi connectivity index (χ0v) is 16.3. The lowest BCUT2D eigenvalue weighted by Gasteiger charge is -2.10. The van der Waals surface area contributed by atoms with Crippen LogP contribution in [0.15, 0.2) is 47.6 Å². The molecule has 0 aliphatic rings. The fourth-order valence-corrected chi connectivity index (χ4v) is 1.49. The SMILES string of the molecule is C/C=C(\C)C/C=C/C(C)(C)C.C=C(C)C(N)CC/C(C)=C/C. The molecule has 0 saturated heterocycles. The third kappa shape index (κ3) is 17.0. The maximum atomic E-state index is 5.79. The Hall–Kier alpha value is -1.08. The molecule has 0 spiro atoms. The zero-order chi connectivity index (χ0) is 17.8. The van der Waals surface area contributed by atoms with Crippen molar-refractivity contribution in [3.05, 3.63) is 47.6 Å². The van der Waals surface area contributed by atoms with Crippen molar-refractivity contribution in [2.24, 2.45) is 11.1 Å². The van der Waals surface area contributed by atoms with Crippen molar-refractivity contribution in [2.75, 3.05) is 0 Å². The Kier molecular flexibility index (Phi) is 13.1. The monoisotopic (exact) mass is 305 g/mol. The lowest BCUT2D eigenvalue weighted by atomic mass is 9.95. The summed E-state index contributed by atoms with van der Waals surface area (Å²) in [5.41, 5.74) is 10.0. The number of nitrogens with two attached hydrogens (primary N) is 1. The average Bonchev–Trinajstić information content (AvgIpc) is 2.43. The van der Waals surface area contributed by atoms with E-state index in [1.807, 2.05) is 6.92 Å². The first-order valence-corrected chi connectivity index (χ1v) is 8.35. The van der Waals surface area contributed by atoms with Gasteiger partial charge in [-0.2, -0.15) is 0 Å². The predicted molar refractivity (Wildman–Crippen MR) is 104 cm³/mol. The Morgan fingerprint density at radius 2 is 1.55 bits per heavy atom. The van der Waals surface area contributed by atoms with Crippen molar-refractivity contribution >= 4 is 0 Å². The smallest absolute Gasteiger partial charge is 0.0251 e. The Morgan fingerprint density at radius 3 is 1.91 bits per heavy atom. The summed E-state index contributed by atoms with van der Waals surface area (Å²) in [4.78, 5) is 0. The van der Waals surface area contributed by atoms with E-state index in [1.54, 1.807) is 0 Å². The van der Waals surface area contributed by atoms with Crippen molar-refractivity contribution in [3.8, 4) is 0 Å². The average molecular weight is 306 g/mol. The second-order valence-electron chi connectivity index (χ2n) is 7.23. The fourth-order valence-electron chi connectivity index (χ4n) is 1.49. The highest BCUT2D eigenvalue weighted by atomic mass is 14.6. The van der Waals surface area contributed by atoms with Gasteiger partial charge < -0.3 is 5.73 Å². The van der Waals surface area contributed by atoms with Gasteiger partial charge in [-0.25, -0.2) is 0 Å². The highest BCUT2D eigenvalue weighted by Crippen LogP contribution is 2.15. The number of rotatable bonds is 6. The topological polar surface area (TPSA) is 26.0 Å². The molecule has 2 N–H and O–H groups in total. The number of allylic oxidation sites excluding steroid dienone is 6. The van der Waals surface area contributed by atoms with Crippen LogP contribution in [0.4, 0.5) is 0 Å². The van der Waals surface area contributed by atoms with Gasteiger partial charge >= 0.3 is 0 Å². The molecule has 0 bridgehead atoms. The molecule has 0 heterocycles. The first-order chi connectivity index (χ1) is 10.0. The highest BCUT2D eigenvalue weighted by Gasteiger charge is 2.02. The van der Waals surface area contributed by atoms with Crippen molar-refractivity contribution < 1.29 is 0 Å². The van der Waals surface area contributed by atoms with E-state index in [0.29, 0.717) is 5.41 Å². The minimum atomic E-state index is 0.171. The minimum Gasteiger partial charge on any atom is -0.324 e. The summed E-state index contributed by atoms with van der Waals surface area (Å²) in [5.74, 6) is 0. The van der Waals surface area contributed by atoms with E-state index < -0.39 is 0 Å². The normalized spacial score (nSPS) is 14.6. The Bertz CT molecular complexity index is 389. The van der Waals surface area contributed by atoms with E-state index >= 15 is 0 Å². The van der Waals surface area contributed by atoms with Crippen molar-refractivity contribution in [1.82, 2.24) is 0 Å². The second-order valence-corrected chi connectivity index (χ2v) is 7.23. The molecule has 0 aromatic heterocycles. The van der Waals surface area contributed by atoms with Gasteiger partial charge in [0.1, 0.15) is 0 Å². The molecule has 0 amide bonds. The molecule has 0 aromatic rings. The lowest BCUT2D eigenvalue weighted by molar-refractivity contribution is 0.542. The van der Waals surface area contributed by atoms with Crippen LogP contribution in [0.25, 0.3) is 0 Å². The van der Waals surface area contributed by atoms with Crippen molar-refractivity contribution in [1.29, 1.82) is 0 Å². The van der Waals surface area contributed by atoms with E-state index in [9.17, 15) is 0 Å². The number of hydrogen-bond donors (Lipinski definition) is 1. The van der Waals surface area contributed by atoms with Gasteiger partial charge in [0.05, 0.1) is 0 Å². The van der Waals surface area contributed by atoms with Gasteiger partial charge in [-0.1, -0.05) is 68.4 Å². The van der Waals surface area contributed by atoms with Crippen LogP contribution in [-0.2, 0) is 0 Å². The Morgan fingerprint density at radius 1 is 1.05 bits per heavy atom. The highest BCUT2D eigenvalue weighted by molar-refractivity contribution is 5.05. The van der Waals surface area contributed by atoms with Gasteiger partial charge in [0.15, 0.2) is 0 Å². The third-order valence-electron chi connectivity index (χ3n) is 3.53. The molecule has 0 rings (SSSR count). The van der Waals surface area contributed by atoms with Crippen molar-refractivity contribution in [2.45, 2.75) is 80.7 Å². The largest absolute Gasteiger partial charge is 0.324 e. The number of hydrogen-bond acceptors (Lipinski definition) is 1. The van der Waals surface area contributed by atoms with Gasteiger partial charge in [0, 0.05) is 6.04 Å². The first kappa shape index (κ1) is 23.2. The molecule has 0 fully saturated rings. The van der Waals surface area contributed by atoms with Gasteiger partial charge in [-0.3, -0.25) is 0 Å². The van der Waals surface area contributed by atoms with Crippen LogP contribution in [0.5, 0.6) is 0 Å². The molecule has 0 radical (unpaired) electrons. The lowest BCUT2D eigenvalue weighted by Crippen LogP contribution is -2.20. The van der Waals surface area contributed by atoms with Crippen LogP contribution in [-0.4, -0.2) is 6.04 Å². The van der Waals surface area contributed by atoms with E-state index in [4.69, 9.17) is 5.73 Å². The first-order valence-electron chi connectivity index (χ1n) is 8.35. The third-order valence-corrected chi connectivity index (χ3v) is 3.53. The standard InChI is InChI=1S/C11H20.C10H19N/c1-6-10(2)8-7-9-11(3,4)5;1-5-9(4)6-7-10(11)8(2)3/h6-7,9H,8H2,1-5H3;5,10H,2,6-7,11H2,1,3-4H3/b9-7+,10-6+;9-5+. The molecule has 1 atom stereocenters. The molecule has 22 heavy (non-hydrogen) atoms. The molecule has 0 aromatic carbocycles. The predicted octanol–water partition coefficient (Wildman–Crippen LogP) is 6.58. The van der Waals surface area contributed by atoms with E-state index in [-0.39, 0.29) is 6.04 Å². The summed E-state index contributed by atoms with van der Waals surface area (Å²) in [7, 11) is 0. The van der Waals surface area contributed by atoms with Crippen LogP contribution in [0.2, 0.25) is 0 Å². The summed E-state index contributed by atoms with van der Waals surface area (Å²) in [6.07, 6.45) is 12.0. The summed E-state index contributed by atoms with van der Waals surface area (Å²) in [6, 6.07) is 0.171. The summed E-state index contributed by atoms with van der Waals surface area (Å²) < 4.78 is 0.